The number of benzene rings is 2. The summed E-state index contributed by atoms with van der Waals surface area (Å²) in [5.74, 6) is 0.825. The second-order valence-corrected chi connectivity index (χ2v) is 6.96. The lowest BCUT2D eigenvalue weighted by Gasteiger charge is -2.32. The quantitative estimate of drug-likeness (QED) is 0.808. The number of nitrogens with one attached hydrogen (secondary N) is 1. The number of halogens is 1. The molecule has 3 rings (SSSR count). The summed E-state index contributed by atoms with van der Waals surface area (Å²) in [4.78, 5) is 26.5. The van der Waals surface area contributed by atoms with Crippen molar-refractivity contribution in [3.8, 4) is 11.5 Å². The third kappa shape index (κ3) is 4.80. The zero-order chi connectivity index (χ0) is 19.2. The van der Waals surface area contributed by atoms with E-state index >= 15 is 0 Å². The van der Waals surface area contributed by atoms with Crippen LogP contribution in [0.5, 0.6) is 11.5 Å². The molecule has 0 radical (unpaired) electrons. The Hall–Kier alpha value is -2.53. The van der Waals surface area contributed by atoms with Crippen molar-refractivity contribution in [1.82, 2.24) is 4.90 Å². The van der Waals surface area contributed by atoms with E-state index in [1.165, 1.54) is 0 Å². The van der Waals surface area contributed by atoms with E-state index in [0.717, 1.165) is 19.4 Å². The van der Waals surface area contributed by atoms with Gasteiger partial charge < -0.3 is 15.0 Å². The lowest BCUT2D eigenvalue weighted by Crippen LogP contribution is -2.43. The van der Waals surface area contributed by atoms with Crippen LogP contribution in [0, 0.1) is 5.92 Å². The van der Waals surface area contributed by atoms with Crippen molar-refractivity contribution in [2.24, 2.45) is 5.92 Å². The van der Waals surface area contributed by atoms with Gasteiger partial charge in [-0.2, -0.15) is 0 Å². The van der Waals surface area contributed by atoms with E-state index in [1.807, 2.05) is 31.2 Å². The smallest absolute Gasteiger partial charge is 0.229 e. The van der Waals surface area contributed by atoms with Crippen LogP contribution >= 0.6 is 11.6 Å². The first-order valence-corrected chi connectivity index (χ1v) is 9.56. The summed E-state index contributed by atoms with van der Waals surface area (Å²) in [5.41, 5.74) is 0.585. The Morgan fingerprint density at radius 2 is 1.85 bits per heavy atom. The van der Waals surface area contributed by atoms with E-state index in [4.69, 9.17) is 16.3 Å². The van der Waals surface area contributed by atoms with E-state index in [9.17, 15) is 9.59 Å². The van der Waals surface area contributed by atoms with E-state index in [1.54, 1.807) is 29.2 Å². The van der Waals surface area contributed by atoms with Gasteiger partial charge in [0.2, 0.25) is 11.8 Å². The average Bonchev–Trinajstić information content (AvgIpc) is 2.70. The molecule has 27 heavy (non-hydrogen) atoms. The molecule has 6 heteroatoms. The SMILES string of the molecule is CCC(=O)N1CCCC(C(=O)Nc2ccccc2Oc2ccccc2Cl)C1. The van der Waals surface area contributed by atoms with Gasteiger partial charge in [-0.25, -0.2) is 0 Å². The maximum Gasteiger partial charge on any atom is 0.229 e. The van der Waals surface area contributed by atoms with Gasteiger partial charge in [0.25, 0.3) is 0 Å². The molecule has 1 aliphatic rings. The molecule has 1 aliphatic heterocycles. The standard InChI is InChI=1S/C21H23ClN2O3/c1-2-20(25)24-13-7-8-15(14-24)21(26)23-17-10-4-6-12-19(17)27-18-11-5-3-9-16(18)22/h3-6,9-12,15H,2,7-8,13-14H2,1H3,(H,23,26). The average molecular weight is 387 g/mol. The van der Waals surface area contributed by atoms with Crippen molar-refractivity contribution in [1.29, 1.82) is 0 Å². The number of carbonyl (C=O) groups is 2. The topological polar surface area (TPSA) is 58.6 Å². The number of anilines is 1. The van der Waals surface area contributed by atoms with E-state index in [2.05, 4.69) is 5.32 Å². The molecular weight excluding hydrogens is 364 g/mol. The van der Waals surface area contributed by atoms with Gasteiger partial charge in [-0.3, -0.25) is 9.59 Å². The molecular formula is C21H23ClN2O3. The Labute approximate surface area is 164 Å². The zero-order valence-corrected chi connectivity index (χ0v) is 16.0. The summed E-state index contributed by atoms with van der Waals surface area (Å²) in [5, 5.41) is 3.45. The molecule has 1 atom stereocenters. The maximum absolute atomic E-state index is 12.8. The Kier molecular flexibility index (Phi) is 6.35. The summed E-state index contributed by atoms with van der Waals surface area (Å²) < 4.78 is 5.89. The highest BCUT2D eigenvalue weighted by molar-refractivity contribution is 6.32. The van der Waals surface area contributed by atoms with E-state index in [-0.39, 0.29) is 17.7 Å². The van der Waals surface area contributed by atoms with Gasteiger partial charge in [-0.1, -0.05) is 42.8 Å². The number of piperidine rings is 1. The van der Waals surface area contributed by atoms with Crippen LogP contribution in [0.2, 0.25) is 5.02 Å². The van der Waals surface area contributed by atoms with Crippen LogP contribution in [-0.4, -0.2) is 29.8 Å². The monoisotopic (exact) mass is 386 g/mol. The second-order valence-electron chi connectivity index (χ2n) is 6.55. The molecule has 1 fully saturated rings. The molecule has 5 nitrogen and oxygen atoms in total. The predicted molar refractivity (Wildman–Crippen MR) is 106 cm³/mol. The molecule has 1 unspecified atom stereocenters. The highest BCUT2D eigenvalue weighted by atomic mass is 35.5. The van der Waals surface area contributed by atoms with Gasteiger partial charge in [0, 0.05) is 19.5 Å². The minimum absolute atomic E-state index is 0.0925. The van der Waals surface area contributed by atoms with Gasteiger partial charge in [-0.15, -0.1) is 0 Å². The molecule has 0 saturated carbocycles. The Morgan fingerprint density at radius 1 is 1.15 bits per heavy atom. The Morgan fingerprint density at radius 3 is 2.59 bits per heavy atom. The Bertz CT molecular complexity index is 825. The van der Waals surface area contributed by atoms with Crippen LogP contribution in [0.15, 0.2) is 48.5 Å². The molecule has 0 spiro atoms. The third-order valence-corrected chi connectivity index (χ3v) is 4.96. The number of amides is 2. The van der Waals surface area contributed by atoms with Crippen molar-refractivity contribution < 1.29 is 14.3 Å². The summed E-state index contributed by atoms with van der Waals surface area (Å²) in [7, 11) is 0. The summed E-state index contributed by atoms with van der Waals surface area (Å²) >= 11 is 6.16. The van der Waals surface area contributed by atoms with Gasteiger partial charge in [0.05, 0.1) is 16.6 Å². The highest BCUT2D eigenvalue weighted by Crippen LogP contribution is 2.33. The number of hydrogen-bond acceptors (Lipinski definition) is 3. The molecule has 1 heterocycles. The summed E-state index contributed by atoms with van der Waals surface area (Å²) in [6.45, 7) is 3.03. The fourth-order valence-corrected chi connectivity index (χ4v) is 3.36. The number of rotatable bonds is 5. The van der Waals surface area contributed by atoms with Gasteiger partial charge in [0.15, 0.2) is 5.75 Å². The van der Waals surface area contributed by atoms with E-state index < -0.39 is 0 Å². The minimum atomic E-state index is -0.220. The van der Waals surface area contributed by atoms with E-state index in [0.29, 0.717) is 35.2 Å². The first kappa shape index (κ1) is 19.2. The number of hydrogen-bond donors (Lipinski definition) is 1. The third-order valence-electron chi connectivity index (χ3n) is 4.65. The molecule has 142 valence electrons. The number of para-hydroxylation sites is 3. The number of likely N-dealkylation sites (tertiary alicyclic amines) is 1. The molecule has 2 aromatic rings. The predicted octanol–water partition coefficient (Wildman–Crippen LogP) is 4.72. The molecule has 2 amide bonds. The summed E-state index contributed by atoms with van der Waals surface area (Å²) in [6.07, 6.45) is 2.07. The lowest BCUT2D eigenvalue weighted by atomic mass is 9.96. The molecule has 0 bridgehead atoms. The highest BCUT2D eigenvalue weighted by Gasteiger charge is 2.28. The number of nitrogens with zero attached hydrogens (tertiary/aromatic N) is 1. The zero-order valence-electron chi connectivity index (χ0n) is 15.3. The Balaban J connectivity index is 1.71. The van der Waals surface area contributed by atoms with Crippen molar-refractivity contribution in [2.75, 3.05) is 18.4 Å². The molecule has 1 N–H and O–H groups in total. The molecule has 0 aromatic heterocycles. The van der Waals surface area contributed by atoms with Crippen LogP contribution in [0.25, 0.3) is 0 Å². The normalized spacial score (nSPS) is 16.7. The van der Waals surface area contributed by atoms with Gasteiger partial charge >= 0.3 is 0 Å². The maximum atomic E-state index is 12.8. The molecule has 1 saturated heterocycles. The fourth-order valence-electron chi connectivity index (χ4n) is 3.18. The number of carbonyl (C=O) groups excluding carboxylic acids is 2. The first-order valence-electron chi connectivity index (χ1n) is 9.18. The second kappa shape index (κ2) is 8.91. The van der Waals surface area contributed by atoms with Crippen molar-refractivity contribution in [3.63, 3.8) is 0 Å². The summed E-state index contributed by atoms with van der Waals surface area (Å²) in [6, 6.07) is 14.4. The first-order chi connectivity index (χ1) is 13.1. The van der Waals surface area contributed by atoms with Crippen molar-refractivity contribution in [3.05, 3.63) is 53.6 Å². The molecule has 2 aromatic carbocycles. The van der Waals surface area contributed by atoms with Crippen molar-refractivity contribution in [2.45, 2.75) is 26.2 Å². The van der Waals surface area contributed by atoms with Crippen molar-refractivity contribution >= 4 is 29.1 Å². The van der Waals surface area contributed by atoms with Crippen LogP contribution in [-0.2, 0) is 9.59 Å². The largest absolute Gasteiger partial charge is 0.454 e. The van der Waals surface area contributed by atoms with Gasteiger partial charge in [0.1, 0.15) is 5.75 Å². The van der Waals surface area contributed by atoms with Gasteiger partial charge in [-0.05, 0) is 37.1 Å². The molecule has 0 aliphatic carbocycles. The minimum Gasteiger partial charge on any atom is -0.454 e. The van der Waals surface area contributed by atoms with Crippen LogP contribution in [0.1, 0.15) is 26.2 Å². The fraction of sp³-hybridized carbons (Fsp3) is 0.333. The lowest BCUT2D eigenvalue weighted by molar-refractivity contribution is -0.134. The van der Waals surface area contributed by atoms with Crippen LogP contribution in [0.3, 0.4) is 0 Å². The van der Waals surface area contributed by atoms with Crippen LogP contribution < -0.4 is 10.1 Å². The number of ether oxygens (including phenoxy) is 1. The van der Waals surface area contributed by atoms with Crippen LogP contribution in [0.4, 0.5) is 5.69 Å².